The van der Waals surface area contributed by atoms with Gasteiger partial charge in [-0.2, -0.15) is 5.10 Å². The van der Waals surface area contributed by atoms with E-state index in [1.54, 1.807) is 4.90 Å². The lowest BCUT2D eigenvalue weighted by atomic mass is 9.92. The molecule has 3 heterocycles. The summed E-state index contributed by atoms with van der Waals surface area (Å²) in [6.07, 6.45) is 8.22. The fourth-order valence-corrected chi connectivity index (χ4v) is 5.17. The standard InChI is InChI=1S/C24H35N5O5S/c1-17-5-6-21-22(29(17)24(30)33-3)8-7-20(23(21)34-14-13-27(2)35(4,31)32)18-15-26-28(16-18)19-9-11-25-12-10-19/h7-8,15-17,19,25H,5-6,9-14H2,1-4H3. The number of nitrogens with one attached hydrogen (secondary N) is 1. The molecule has 11 heteroatoms. The van der Waals surface area contributed by atoms with E-state index in [0.29, 0.717) is 11.8 Å². The molecule has 0 spiro atoms. The van der Waals surface area contributed by atoms with Gasteiger partial charge in [0, 0.05) is 42.5 Å². The molecule has 2 aliphatic rings. The molecule has 0 saturated carbocycles. The van der Waals surface area contributed by atoms with Crippen molar-refractivity contribution in [2.24, 2.45) is 0 Å². The second-order valence-electron chi connectivity index (χ2n) is 9.29. The van der Waals surface area contributed by atoms with Crippen molar-refractivity contribution in [1.82, 2.24) is 19.4 Å². The van der Waals surface area contributed by atoms with Gasteiger partial charge in [0.2, 0.25) is 10.0 Å². The summed E-state index contributed by atoms with van der Waals surface area (Å²) in [6, 6.07) is 4.24. The Bertz CT molecular complexity index is 1160. The summed E-state index contributed by atoms with van der Waals surface area (Å²) in [5.74, 6) is 0.662. The molecule has 1 aromatic heterocycles. The van der Waals surface area contributed by atoms with E-state index in [1.807, 2.05) is 29.9 Å². The third-order valence-corrected chi connectivity index (χ3v) is 8.25. The van der Waals surface area contributed by atoms with Crippen LogP contribution in [0.3, 0.4) is 0 Å². The van der Waals surface area contributed by atoms with Gasteiger partial charge in [0.25, 0.3) is 0 Å². The molecule has 0 bridgehead atoms. The van der Waals surface area contributed by atoms with Gasteiger partial charge in [-0.25, -0.2) is 17.5 Å². The van der Waals surface area contributed by atoms with E-state index in [1.165, 1.54) is 24.7 Å². The van der Waals surface area contributed by atoms with Crippen LogP contribution in [-0.2, 0) is 21.2 Å². The number of amides is 1. The molecule has 2 aromatic rings. The molecule has 0 radical (unpaired) electrons. The Balaban J connectivity index is 1.70. The van der Waals surface area contributed by atoms with Crippen LogP contribution in [0.4, 0.5) is 10.5 Å². The average molecular weight is 506 g/mol. The Hall–Kier alpha value is -2.63. The van der Waals surface area contributed by atoms with Gasteiger partial charge in [0.05, 0.1) is 31.3 Å². The van der Waals surface area contributed by atoms with Gasteiger partial charge in [-0.15, -0.1) is 0 Å². The van der Waals surface area contributed by atoms with E-state index >= 15 is 0 Å². The minimum atomic E-state index is -3.31. The molecule has 1 saturated heterocycles. The zero-order valence-corrected chi connectivity index (χ0v) is 21.7. The molecule has 1 aromatic carbocycles. The lowest BCUT2D eigenvalue weighted by Crippen LogP contribution is -2.42. The second-order valence-corrected chi connectivity index (χ2v) is 11.4. The maximum atomic E-state index is 12.6. The summed E-state index contributed by atoms with van der Waals surface area (Å²) in [5.41, 5.74) is 3.49. The highest BCUT2D eigenvalue weighted by atomic mass is 32.2. The van der Waals surface area contributed by atoms with E-state index in [4.69, 9.17) is 9.47 Å². The number of methoxy groups -OCH3 is 1. The zero-order valence-electron chi connectivity index (χ0n) is 20.9. The molecule has 1 amide bonds. The minimum absolute atomic E-state index is 0.00678. The quantitative estimate of drug-likeness (QED) is 0.617. The van der Waals surface area contributed by atoms with Gasteiger partial charge >= 0.3 is 6.09 Å². The first-order valence-corrected chi connectivity index (χ1v) is 13.9. The topological polar surface area (TPSA) is 106 Å². The number of sulfonamides is 1. The minimum Gasteiger partial charge on any atom is -0.491 e. The lowest BCUT2D eigenvalue weighted by Gasteiger charge is -2.35. The molecule has 4 rings (SSSR count). The van der Waals surface area contributed by atoms with Gasteiger partial charge in [0.15, 0.2) is 0 Å². The van der Waals surface area contributed by atoms with Crippen LogP contribution in [0.2, 0.25) is 0 Å². The average Bonchev–Trinajstić information content (AvgIpc) is 3.33. The number of rotatable bonds is 7. The number of likely N-dealkylation sites (N-methyl/N-ethyl adjacent to an activating group) is 1. The van der Waals surface area contributed by atoms with Crippen molar-refractivity contribution in [1.29, 1.82) is 0 Å². The maximum absolute atomic E-state index is 12.6. The first-order chi connectivity index (χ1) is 16.7. The monoisotopic (exact) mass is 505 g/mol. The number of carbonyl (C=O) groups excluding carboxylic acids is 1. The number of anilines is 1. The third-order valence-electron chi connectivity index (χ3n) is 6.93. The highest BCUT2D eigenvalue weighted by molar-refractivity contribution is 7.88. The molecule has 10 nitrogen and oxygen atoms in total. The van der Waals surface area contributed by atoms with Crippen LogP contribution in [0, 0.1) is 0 Å². The maximum Gasteiger partial charge on any atom is 0.414 e. The third kappa shape index (κ3) is 5.46. The Kier molecular flexibility index (Phi) is 7.67. The lowest BCUT2D eigenvalue weighted by molar-refractivity contribution is 0.175. The van der Waals surface area contributed by atoms with E-state index in [2.05, 4.69) is 16.6 Å². The Labute approximate surface area is 207 Å². The summed E-state index contributed by atoms with van der Waals surface area (Å²) in [7, 11) is -0.399. The van der Waals surface area contributed by atoms with Gasteiger partial charge in [-0.1, -0.05) is 0 Å². The number of fused-ring (bicyclic) bond motifs is 1. The molecule has 1 N–H and O–H groups in total. The molecule has 35 heavy (non-hydrogen) atoms. The van der Waals surface area contributed by atoms with Crippen molar-refractivity contribution >= 4 is 21.8 Å². The van der Waals surface area contributed by atoms with Crippen molar-refractivity contribution in [2.45, 2.75) is 44.7 Å². The number of nitrogens with zero attached hydrogens (tertiary/aromatic N) is 4. The predicted octanol–water partition coefficient (Wildman–Crippen LogP) is 2.65. The number of aromatic nitrogens is 2. The van der Waals surface area contributed by atoms with Crippen molar-refractivity contribution in [3.63, 3.8) is 0 Å². The number of ether oxygens (including phenoxy) is 2. The van der Waals surface area contributed by atoms with Gasteiger partial charge in [0.1, 0.15) is 12.4 Å². The summed E-state index contributed by atoms with van der Waals surface area (Å²) in [6.45, 7) is 4.35. The number of hydrogen-bond acceptors (Lipinski definition) is 7. The molecule has 2 aliphatic heterocycles. The normalized spacial score (nSPS) is 19.0. The van der Waals surface area contributed by atoms with E-state index in [9.17, 15) is 13.2 Å². The van der Waals surface area contributed by atoms with Gasteiger partial charge < -0.3 is 14.8 Å². The van der Waals surface area contributed by atoms with Crippen LogP contribution in [0.1, 0.15) is 37.8 Å². The highest BCUT2D eigenvalue weighted by Gasteiger charge is 2.32. The smallest absolute Gasteiger partial charge is 0.414 e. The molecule has 0 aliphatic carbocycles. The highest BCUT2D eigenvalue weighted by Crippen LogP contribution is 2.43. The van der Waals surface area contributed by atoms with Crippen LogP contribution >= 0.6 is 0 Å². The largest absolute Gasteiger partial charge is 0.491 e. The number of piperidine rings is 1. The predicted molar refractivity (Wildman–Crippen MR) is 134 cm³/mol. The van der Waals surface area contributed by atoms with Crippen molar-refractivity contribution < 1.29 is 22.7 Å². The summed E-state index contributed by atoms with van der Waals surface area (Å²) >= 11 is 0. The Morgan fingerprint density at radius 1 is 1.26 bits per heavy atom. The molecular weight excluding hydrogens is 470 g/mol. The van der Waals surface area contributed by atoms with Crippen LogP contribution in [0.25, 0.3) is 11.1 Å². The zero-order chi connectivity index (χ0) is 25.2. The van der Waals surface area contributed by atoms with Crippen molar-refractivity contribution in [2.75, 3.05) is 51.6 Å². The Morgan fingerprint density at radius 2 is 2.00 bits per heavy atom. The van der Waals surface area contributed by atoms with Crippen LogP contribution < -0.4 is 15.0 Å². The number of hydrogen-bond donors (Lipinski definition) is 1. The van der Waals surface area contributed by atoms with Crippen molar-refractivity contribution in [3.8, 4) is 16.9 Å². The summed E-state index contributed by atoms with van der Waals surface area (Å²) < 4.78 is 38.3. The summed E-state index contributed by atoms with van der Waals surface area (Å²) in [4.78, 5) is 14.2. The first-order valence-electron chi connectivity index (χ1n) is 12.0. The fraction of sp³-hybridized carbons (Fsp3) is 0.583. The van der Waals surface area contributed by atoms with Crippen LogP contribution in [-0.4, -0.2) is 81.3 Å². The molecule has 1 atom stereocenters. The molecule has 1 unspecified atom stereocenters. The van der Waals surface area contributed by atoms with E-state index < -0.39 is 16.1 Å². The SMILES string of the molecule is COC(=O)N1c2ccc(-c3cnn(C4CCNCC4)c3)c(OCCN(C)S(C)(=O)=O)c2CCC1C. The number of benzene rings is 1. The molecule has 192 valence electrons. The van der Waals surface area contributed by atoms with Gasteiger partial charge in [-0.05, 0) is 57.8 Å². The Morgan fingerprint density at radius 3 is 2.69 bits per heavy atom. The molecular formula is C24H35N5O5S. The summed E-state index contributed by atoms with van der Waals surface area (Å²) in [5, 5.41) is 8.02. The number of carbonyl (C=O) groups is 1. The van der Waals surface area contributed by atoms with Crippen molar-refractivity contribution in [3.05, 3.63) is 30.1 Å². The van der Waals surface area contributed by atoms with E-state index in [0.717, 1.165) is 61.2 Å². The van der Waals surface area contributed by atoms with E-state index in [-0.39, 0.29) is 19.2 Å². The first kappa shape index (κ1) is 25.5. The second kappa shape index (κ2) is 10.5. The fourth-order valence-electron chi connectivity index (χ4n) is 4.76. The van der Waals surface area contributed by atoms with Crippen LogP contribution in [0.5, 0.6) is 5.75 Å². The van der Waals surface area contributed by atoms with Gasteiger partial charge in [-0.3, -0.25) is 9.58 Å². The molecule has 1 fully saturated rings. The van der Waals surface area contributed by atoms with Crippen LogP contribution in [0.15, 0.2) is 24.5 Å².